The monoisotopic (exact) mass is 381 g/mol. The number of likely N-dealkylation sites (tertiary alicyclic amines) is 2. The van der Waals surface area contributed by atoms with Crippen molar-refractivity contribution in [1.29, 1.82) is 0 Å². The summed E-state index contributed by atoms with van der Waals surface area (Å²) in [6.45, 7) is 7.78. The van der Waals surface area contributed by atoms with Crippen molar-refractivity contribution in [2.75, 3.05) is 26.2 Å². The summed E-state index contributed by atoms with van der Waals surface area (Å²) in [7, 11) is -3.77. The van der Waals surface area contributed by atoms with Gasteiger partial charge in [0.1, 0.15) is 5.60 Å². The zero-order valence-electron chi connectivity index (χ0n) is 15.1. The molecule has 2 aliphatic rings. The first kappa shape index (κ1) is 18.7. The number of benzene rings is 1. The lowest BCUT2D eigenvalue weighted by Gasteiger charge is -2.59. The molecule has 0 radical (unpaired) electrons. The van der Waals surface area contributed by atoms with E-state index in [1.165, 1.54) is 24.3 Å². The molecule has 2 fully saturated rings. The molecule has 2 aliphatic heterocycles. The van der Waals surface area contributed by atoms with Crippen molar-refractivity contribution >= 4 is 22.0 Å². The van der Waals surface area contributed by atoms with Gasteiger partial charge in [-0.15, -0.1) is 0 Å². The lowest BCUT2D eigenvalue weighted by atomic mass is 9.73. The number of sulfonamides is 1. The van der Waals surface area contributed by atoms with Gasteiger partial charge in [0, 0.05) is 37.2 Å². The van der Waals surface area contributed by atoms with Crippen LogP contribution in [0.15, 0.2) is 29.2 Å². The molecule has 1 aromatic carbocycles. The van der Waals surface area contributed by atoms with Gasteiger partial charge in [-0.2, -0.15) is 0 Å². The van der Waals surface area contributed by atoms with E-state index in [4.69, 9.17) is 9.88 Å². The van der Waals surface area contributed by atoms with Gasteiger partial charge in [-0.25, -0.2) is 18.4 Å². The highest BCUT2D eigenvalue weighted by Gasteiger charge is 2.55. The van der Waals surface area contributed by atoms with Crippen molar-refractivity contribution in [1.82, 2.24) is 9.80 Å². The molecule has 1 aromatic rings. The van der Waals surface area contributed by atoms with Crippen LogP contribution in [0, 0.1) is 5.41 Å². The topological polar surface area (TPSA) is 110 Å². The van der Waals surface area contributed by atoms with Crippen molar-refractivity contribution in [3.05, 3.63) is 29.8 Å². The second-order valence-corrected chi connectivity index (χ2v) is 9.63. The zero-order valence-corrected chi connectivity index (χ0v) is 15.9. The van der Waals surface area contributed by atoms with Gasteiger partial charge in [0.25, 0.3) is 5.91 Å². The maximum atomic E-state index is 12.5. The summed E-state index contributed by atoms with van der Waals surface area (Å²) < 4.78 is 27.9. The van der Waals surface area contributed by atoms with Crippen LogP contribution in [0.5, 0.6) is 0 Å². The quantitative estimate of drug-likeness (QED) is 0.823. The lowest BCUT2D eigenvalue weighted by molar-refractivity contribution is -0.0980. The number of hydrogen-bond donors (Lipinski definition) is 1. The Balaban J connectivity index is 1.53. The number of nitrogens with zero attached hydrogens (tertiary/aromatic N) is 2. The summed E-state index contributed by atoms with van der Waals surface area (Å²) in [5, 5.41) is 5.05. The Labute approximate surface area is 152 Å². The van der Waals surface area contributed by atoms with E-state index >= 15 is 0 Å². The average molecular weight is 381 g/mol. The van der Waals surface area contributed by atoms with E-state index in [9.17, 15) is 18.0 Å². The van der Waals surface area contributed by atoms with Crippen molar-refractivity contribution in [3.63, 3.8) is 0 Å². The second-order valence-electron chi connectivity index (χ2n) is 8.07. The van der Waals surface area contributed by atoms with E-state index < -0.39 is 15.6 Å². The van der Waals surface area contributed by atoms with Gasteiger partial charge >= 0.3 is 6.09 Å². The summed E-state index contributed by atoms with van der Waals surface area (Å²) >= 11 is 0. The number of nitrogens with two attached hydrogens (primary N) is 1. The number of rotatable bonds is 2. The van der Waals surface area contributed by atoms with Crippen LogP contribution in [0.1, 0.15) is 31.1 Å². The van der Waals surface area contributed by atoms with Crippen LogP contribution >= 0.6 is 0 Å². The highest BCUT2D eigenvalue weighted by atomic mass is 32.2. The van der Waals surface area contributed by atoms with Crippen LogP contribution in [0.3, 0.4) is 0 Å². The predicted octanol–water partition coefficient (Wildman–Crippen LogP) is 1.03. The van der Waals surface area contributed by atoms with Crippen molar-refractivity contribution in [3.8, 4) is 0 Å². The molecule has 9 heteroatoms. The molecule has 2 N–H and O–H groups in total. The van der Waals surface area contributed by atoms with Crippen LogP contribution in [0.4, 0.5) is 4.79 Å². The highest BCUT2D eigenvalue weighted by molar-refractivity contribution is 7.89. The molecule has 0 aliphatic carbocycles. The van der Waals surface area contributed by atoms with E-state index in [2.05, 4.69) is 0 Å². The summed E-state index contributed by atoms with van der Waals surface area (Å²) in [6, 6.07) is 5.57. The summed E-state index contributed by atoms with van der Waals surface area (Å²) in [6.07, 6.45) is -0.327. The van der Waals surface area contributed by atoms with Gasteiger partial charge in [0.2, 0.25) is 10.0 Å². The predicted molar refractivity (Wildman–Crippen MR) is 94.0 cm³/mol. The fraction of sp³-hybridized carbons (Fsp3) is 0.529. The Bertz CT molecular complexity index is 828. The largest absolute Gasteiger partial charge is 0.444 e. The van der Waals surface area contributed by atoms with E-state index in [0.29, 0.717) is 31.7 Å². The summed E-state index contributed by atoms with van der Waals surface area (Å²) in [5.41, 5.74) is -0.159. The normalized spacial score (nSPS) is 18.9. The number of ether oxygens (including phenoxy) is 1. The van der Waals surface area contributed by atoms with E-state index in [-0.39, 0.29) is 22.3 Å². The maximum absolute atomic E-state index is 12.5. The Morgan fingerprint density at radius 1 is 1.04 bits per heavy atom. The first-order chi connectivity index (χ1) is 11.9. The highest BCUT2D eigenvalue weighted by Crippen LogP contribution is 2.40. The average Bonchev–Trinajstić information content (AvgIpc) is 2.41. The van der Waals surface area contributed by atoms with Crippen LogP contribution < -0.4 is 5.14 Å². The molecule has 3 rings (SSSR count). The standard InChI is InChI=1S/C17H23N3O5S/c1-16(2,3)25-15(22)20-10-17(11-20)8-19(9-17)14(21)12-4-6-13(7-5-12)26(18,23)24/h4-7H,8-11H2,1-3H3,(H2,18,23,24). The molecular formula is C17H23N3O5S. The van der Waals surface area contributed by atoms with Gasteiger partial charge in [0.15, 0.2) is 0 Å². The minimum Gasteiger partial charge on any atom is -0.444 e. The van der Waals surface area contributed by atoms with Gasteiger partial charge in [-0.05, 0) is 45.0 Å². The molecule has 8 nitrogen and oxygen atoms in total. The Morgan fingerprint density at radius 3 is 2.00 bits per heavy atom. The third-order valence-electron chi connectivity index (χ3n) is 4.47. The van der Waals surface area contributed by atoms with Crippen molar-refractivity contribution < 1.29 is 22.7 Å². The van der Waals surface area contributed by atoms with Gasteiger partial charge in [0.05, 0.1) is 4.90 Å². The molecule has 0 aromatic heterocycles. The van der Waals surface area contributed by atoms with Gasteiger partial charge in [-0.3, -0.25) is 4.79 Å². The van der Waals surface area contributed by atoms with Crippen LogP contribution in [-0.4, -0.2) is 62.0 Å². The van der Waals surface area contributed by atoms with Crippen molar-refractivity contribution in [2.45, 2.75) is 31.3 Å². The Kier molecular flexibility index (Phi) is 4.27. The number of carbonyl (C=O) groups excluding carboxylic acids is 2. The maximum Gasteiger partial charge on any atom is 0.410 e. The lowest BCUT2D eigenvalue weighted by Crippen LogP contribution is -2.73. The molecule has 0 unspecified atom stereocenters. The van der Waals surface area contributed by atoms with E-state index in [0.717, 1.165) is 0 Å². The molecule has 26 heavy (non-hydrogen) atoms. The van der Waals surface area contributed by atoms with Crippen LogP contribution in [-0.2, 0) is 14.8 Å². The van der Waals surface area contributed by atoms with Crippen molar-refractivity contribution in [2.24, 2.45) is 10.6 Å². The fourth-order valence-corrected chi connectivity index (χ4v) is 3.81. The van der Waals surface area contributed by atoms with Gasteiger partial charge < -0.3 is 14.5 Å². The summed E-state index contributed by atoms with van der Waals surface area (Å²) in [5.74, 6) is -0.160. The summed E-state index contributed by atoms with van der Waals surface area (Å²) in [4.78, 5) is 27.8. The number of primary sulfonamides is 1. The molecule has 2 saturated heterocycles. The molecule has 0 atom stereocenters. The number of carbonyl (C=O) groups is 2. The fourth-order valence-electron chi connectivity index (χ4n) is 3.30. The molecular weight excluding hydrogens is 358 g/mol. The Morgan fingerprint density at radius 2 is 1.54 bits per heavy atom. The molecule has 0 saturated carbocycles. The third-order valence-corrected chi connectivity index (χ3v) is 5.40. The minimum atomic E-state index is -3.77. The smallest absolute Gasteiger partial charge is 0.410 e. The minimum absolute atomic E-state index is 0.0267. The third kappa shape index (κ3) is 3.68. The first-order valence-corrected chi connectivity index (χ1v) is 9.83. The van der Waals surface area contributed by atoms with Crippen LogP contribution in [0.25, 0.3) is 0 Å². The molecule has 0 bridgehead atoms. The second kappa shape index (κ2) is 5.95. The van der Waals surface area contributed by atoms with E-state index in [1.54, 1.807) is 9.80 Å². The SMILES string of the molecule is CC(C)(C)OC(=O)N1CC2(C1)CN(C(=O)c1ccc(S(N)(=O)=O)cc1)C2. The van der Waals surface area contributed by atoms with Gasteiger partial charge in [-0.1, -0.05) is 0 Å². The zero-order chi connectivity index (χ0) is 19.3. The Hall–Kier alpha value is -2.13. The van der Waals surface area contributed by atoms with Crippen LogP contribution in [0.2, 0.25) is 0 Å². The molecule has 1 spiro atoms. The molecule has 2 heterocycles. The molecule has 2 amide bonds. The van der Waals surface area contributed by atoms with E-state index in [1.807, 2.05) is 20.8 Å². The number of hydrogen-bond acceptors (Lipinski definition) is 5. The number of amides is 2. The molecule has 142 valence electrons. The first-order valence-electron chi connectivity index (χ1n) is 8.29.